The molecular formula is C23H21ClN6O4. The second-order valence-corrected chi connectivity index (χ2v) is 7.91. The number of benzene rings is 2. The van der Waals surface area contributed by atoms with E-state index in [0.29, 0.717) is 16.4 Å². The van der Waals surface area contributed by atoms with E-state index < -0.39 is 24.5 Å². The normalized spacial score (nSPS) is 11.7. The molecule has 2 amide bonds. The summed E-state index contributed by atoms with van der Waals surface area (Å²) < 4.78 is 6.68. The summed E-state index contributed by atoms with van der Waals surface area (Å²) in [6.45, 7) is 0.763. The third-order valence-electron chi connectivity index (χ3n) is 5.00. The van der Waals surface area contributed by atoms with Crippen LogP contribution >= 0.6 is 11.6 Å². The molecule has 1 atom stereocenters. The van der Waals surface area contributed by atoms with Crippen LogP contribution in [-0.2, 0) is 25.5 Å². The largest absolute Gasteiger partial charge is 0.454 e. The SMILES string of the molecule is CC(=O)N[C@@H](Cc1c[nH]c2ccccc12)C(=O)OCC(=O)Nc1cc(Cl)ccc1-n1cncn1. The number of carbonyl (C=O) groups excluding carboxylic acids is 3. The van der Waals surface area contributed by atoms with Crippen LogP contribution in [0.3, 0.4) is 0 Å². The summed E-state index contributed by atoms with van der Waals surface area (Å²) in [5, 5.41) is 10.6. The Morgan fingerprint density at radius 1 is 1.21 bits per heavy atom. The number of hydrogen-bond donors (Lipinski definition) is 3. The minimum Gasteiger partial charge on any atom is -0.454 e. The van der Waals surface area contributed by atoms with Crippen LogP contribution in [0.25, 0.3) is 16.6 Å². The molecule has 34 heavy (non-hydrogen) atoms. The lowest BCUT2D eigenvalue weighted by molar-refractivity contribution is -0.150. The Morgan fingerprint density at radius 3 is 2.79 bits per heavy atom. The fourth-order valence-electron chi connectivity index (χ4n) is 3.52. The maximum absolute atomic E-state index is 12.7. The van der Waals surface area contributed by atoms with E-state index in [1.54, 1.807) is 24.4 Å². The number of hydrogen-bond acceptors (Lipinski definition) is 6. The quantitative estimate of drug-likeness (QED) is 0.332. The number of carbonyl (C=O) groups is 3. The van der Waals surface area contributed by atoms with E-state index in [9.17, 15) is 14.4 Å². The van der Waals surface area contributed by atoms with E-state index in [1.807, 2.05) is 24.3 Å². The molecule has 2 aromatic heterocycles. The lowest BCUT2D eigenvalue weighted by Crippen LogP contribution is -2.43. The van der Waals surface area contributed by atoms with Gasteiger partial charge in [-0.25, -0.2) is 14.5 Å². The van der Waals surface area contributed by atoms with Gasteiger partial charge in [0.25, 0.3) is 5.91 Å². The van der Waals surface area contributed by atoms with Gasteiger partial charge < -0.3 is 20.4 Å². The Morgan fingerprint density at radius 2 is 2.03 bits per heavy atom. The van der Waals surface area contributed by atoms with E-state index in [2.05, 4.69) is 25.7 Å². The second kappa shape index (κ2) is 10.2. The molecule has 174 valence electrons. The Hall–Kier alpha value is -4.18. The maximum atomic E-state index is 12.7. The zero-order valence-electron chi connectivity index (χ0n) is 18.1. The fourth-order valence-corrected chi connectivity index (χ4v) is 3.70. The van der Waals surface area contributed by atoms with Crippen LogP contribution < -0.4 is 10.6 Å². The number of rotatable bonds is 8. The molecule has 4 aromatic rings. The number of amides is 2. The highest BCUT2D eigenvalue weighted by atomic mass is 35.5. The molecule has 0 spiro atoms. The van der Waals surface area contributed by atoms with Crippen LogP contribution in [-0.4, -0.2) is 50.2 Å². The summed E-state index contributed by atoms with van der Waals surface area (Å²) in [4.78, 5) is 44.0. The van der Waals surface area contributed by atoms with Crippen LogP contribution in [0.1, 0.15) is 12.5 Å². The zero-order valence-corrected chi connectivity index (χ0v) is 18.9. The molecule has 2 aromatic carbocycles. The highest BCUT2D eigenvalue weighted by Gasteiger charge is 2.24. The number of nitrogens with zero attached hydrogens (tertiary/aromatic N) is 3. The summed E-state index contributed by atoms with van der Waals surface area (Å²) >= 11 is 6.06. The van der Waals surface area contributed by atoms with Crippen molar-refractivity contribution in [3.05, 3.63) is 71.9 Å². The first kappa shape index (κ1) is 23.0. The lowest BCUT2D eigenvalue weighted by Gasteiger charge is -2.17. The first-order valence-corrected chi connectivity index (χ1v) is 10.7. The van der Waals surface area contributed by atoms with Gasteiger partial charge >= 0.3 is 5.97 Å². The number of aromatic amines is 1. The highest BCUT2D eigenvalue weighted by Crippen LogP contribution is 2.24. The van der Waals surface area contributed by atoms with Crippen LogP contribution in [0, 0.1) is 0 Å². The van der Waals surface area contributed by atoms with Gasteiger partial charge in [0.05, 0.1) is 11.4 Å². The van der Waals surface area contributed by atoms with Gasteiger partial charge in [-0.3, -0.25) is 9.59 Å². The van der Waals surface area contributed by atoms with Crippen molar-refractivity contribution in [2.45, 2.75) is 19.4 Å². The van der Waals surface area contributed by atoms with Crippen molar-refractivity contribution in [3.8, 4) is 5.69 Å². The summed E-state index contributed by atoms with van der Waals surface area (Å²) in [5.74, 6) is -1.69. The monoisotopic (exact) mass is 480 g/mol. The molecule has 0 fully saturated rings. The van der Waals surface area contributed by atoms with Crippen LogP contribution in [0.2, 0.25) is 5.02 Å². The van der Waals surface area contributed by atoms with Gasteiger partial charge in [0.1, 0.15) is 18.7 Å². The number of ether oxygens (including phenoxy) is 1. The van der Waals surface area contributed by atoms with Crippen molar-refractivity contribution >= 4 is 46.0 Å². The summed E-state index contributed by atoms with van der Waals surface area (Å²) in [6.07, 6.45) is 4.82. The van der Waals surface area contributed by atoms with E-state index >= 15 is 0 Å². The van der Waals surface area contributed by atoms with Crippen molar-refractivity contribution in [1.82, 2.24) is 25.1 Å². The molecule has 0 radical (unpaired) electrons. The predicted molar refractivity (Wildman–Crippen MR) is 126 cm³/mol. The molecule has 4 rings (SSSR count). The van der Waals surface area contributed by atoms with E-state index in [1.165, 1.54) is 24.3 Å². The molecule has 10 nitrogen and oxygen atoms in total. The van der Waals surface area contributed by atoms with Gasteiger partial charge in [-0.05, 0) is 29.8 Å². The molecule has 0 aliphatic rings. The van der Waals surface area contributed by atoms with Crippen LogP contribution in [0.15, 0.2) is 61.3 Å². The Bertz CT molecular complexity index is 1330. The number of esters is 1. The van der Waals surface area contributed by atoms with Crippen molar-refractivity contribution in [3.63, 3.8) is 0 Å². The molecular weight excluding hydrogens is 460 g/mol. The van der Waals surface area contributed by atoms with Gasteiger partial charge in [-0.15, -0.1) is 0 Å². The third kappa shape index (κ3) is 5.41. The molecule has 11 heteroatoms. The Kier molecular flexibility index (Phi) is 6.88. The van der Waals surface area contributed by atoms with Gasteiger partial charge in [0.15, 0.2) is 6.61 Å². The first-order chi connectivity index (χ1) is 16.4. The Labute approximate surface area is 199 Å². The minimum atomic E-state index is -0.957. The average molecular weight is 481 g/mol. The molecule has 0 aliphatic carbocycles. The maximum Gasteiger partial charge on any atom is 0.329 e. The molecule has 0 unspecified atom stereocenters. The average Bonchev–Trinajstić information content (AvgIpc) is 3.47. The molecule has 0 saturated heterocycles. The summed E-state index contributed by atoms with van der Waals surface area (Å²) in [5.41, 5.74) is 2.66. The second-order valence-electron chi connectivity index (χ2n) is 7.47. The summed E-state index contributed by atoms with van der Waals surface area (Å²) in [7, 11) is 0. The number of halogens is 1. The van der Waals surface area contributed by atoms with Crippen molar-refractivity contribution in [2.75, 3.05) is 11.9 Å². The molecule has 0 saturated carbocycles. The molecule has 0 aliphatic heterocycles. The van der Waals surface area contributed by atoms with Gasteiger partial charge in [0.2, 0.25) is 5.91 Å². The number of aromatic nitrogens is 4. The van der Waals surface area contributed by atoms with Crippen LogP contribution in [0.4, 0.5) is 5.69 Å². The fraction of sp³-hybridized carbons (Fsp3) is 0.174. The predicted octanol–water partition coefficient (Wildman–Crippen LogP) is 2.63. The number of para-hydroxylation sites is 1. The third-order valence-corrected chi connectivity index (χ3v) is 5.24. The van der Waals surface area contributed by atoms with Crippen molar-refractivity contribution in [1.29, 1.82) is 0 Å². The minimum absolute atomic E-state index is 0.203. The first-order valence-electron chi connectivity index (χ1n) is 10.3. The molecule has 0 bridgehead atoms. The topological polar surface area (TPSA) is 131 Å². The van der Waals surface area contributed by atoms with Gasteiger partial charge in [0, 0.05) is 35.5 Å². The zero-order chi connectivity index (χ0) is 24.1. The number of nitrogens with one attached hydrogen (secondary N) is 3. The van der Waals surface area contributed by atoms with E-state index in [0.717, 1.165) is 16.5 Å². The summed E-state index contributed by atoms with van der Waals surface area (Å²) in [6, 6.07) is 11.5. The van der Waals surface area contributed by atoms with Gasteiger partial charge in [-0.2, -0.15) is 5.10 Å². The lowest BCUT2D eigenvalue weighted by atomic mass is 10.0. The number of anilines is 1. The molecule has 2 heterocycles. The standard InChI is InChI=1S/C23H21ClN6O4/c1-14(31)28-20(8-15-10-26-18-5-3-2-4-17(15)18)23(33)34-11-22(32)29-19-9-16(24)6-7-21(19)30-13-25-12-27-30/h2-7,9-10,12-13,20,26H,8,11H2,1H3,(H,28,31)(H,29,32)/t20-/m0/s1. The van der Waals surface area contributed by atoms with E-state index in [-0.39, 0.29) is 12.3 Å². The van der Waals surface area contributed by atoms with Crippen LogP contribution in [0.5, 0.6) is 0 Å². The Balaban J connectivity index is 1.42. The van der Waals surface area contributed by atoms with Gasteiger partial charge in [-0.1, -0.05) is 29.8 Å². The molecule has 3 N–H and O–H groups in total. The smallest absolute Gasteiger partial charge is 0.329 e. The number of fused-ring (bicyclic) bond motifs is 1. The van der Waals surface area contributed by atoms with Crippen molar-refractivity contribution < 1.29 is 19.1 Å². The highest BCUT2D eigenvalue weighted by molar-refractivity contribution is 6.31. The van der Waals surface area contributed by atoms with E-state index in [4.69, 9.17) is 16.3 Å². The van der Waals surface area contributed by atoms with Crippen molar-refractivity contribution in [2.24, 2.45) is 0 Å². The number of H-pyrrole nitrogens is 1.